The van der Waals surface area contributed by atoms with Crippen LogP contribution in [0.1, 0.15) is 12.0 Å². The van der Waals surface area contributed by atoms with Gasteiger partial charge in [-0.15, -0.1) is 0 Å². The Balaban J connectivity index is 2.04. The normalized spacial score (nSPS) is 11.1. The van der Waals surface area contributed by atoms with Crippen LogP contribution < -0.4 is 16.8 Å². The van der Waals surface area contributed by atoms with Crippen molar-refractivity contribution in [2.45, 2.75) is 13.0 Å². The predicted octanol–water partition coefficient (Wildman–Crippen LogP) is 0.559. The molecule has 0 fully saturated rings. The second-order valence-electron chi connectivity index (χ2n) is 3.66. The zero-order chi connectivity index (χ0) is 11.4. The van der Waals surface area contributed by atoms with Gasteiger partial charge >= 0.3 is 5.76 Å². The Labute approximate surface area is 92.6 Å². The Kier molecular flexibility index (Phi) is 3.38. The molecule has 1 aromatic carbocycles. The van der Waals surface area contributed by atoms with Gasteiger partial charge in [-0.2, -0.15) is 0 Å². The summed E-state index contributed by atoms with van der Waals surface area (Å²) in [5.41, 5.74) is 7.84. The second kappa shape index (κ2) is 4.96. The lowest BCUT2D eigenvalue weighted by Crippen LogP contribution is -2.17. The molecule has 0 amide bonds. The van der Waals surface area contributed by atoms with Gasteiger partial charge in [0.25, 0.3) is 0 Å². The van der Waals surface area contributed by atoms with Crippen molar-refractivity contribution >= 4 is 11.1 Å². The minimum Gasteiger partial charge on any atom is -0.408 e. The van der Waals surface area contributed by atoms with Gasteiger partial charge in [0.05, 0.1) is 5.52 Å². The summed E-state index contributed by atoms with van der Waals surface area (Å²) in [6.45, 7) is 2.36. The highest BCUT2D eigenvalue weighted by molar-refractivity contribution is 5.72. The fraction of sp³-hybridized carbons (Fsp3) is 0.364. The van der Waals surface area contributed by atoms with Crippen molar-refractivity contribution in [3.8, 4) is 0 Å². The monoisotopic (exact) mass is 221 g/mol. The predicted molar refractivity (Wildman–Crippen MR) is 62.2 cm³/mol. The second-order valence-corrected chi connectivity index (χ2v) is 3.66. The minimum atomic E-state index is -0.414. The van der Waals surface area contributed by atoms with E-state index in [0.29, 0.717) is 12.1 Å². The van der Waals surface area contributed by atoms with Gasteiger partial charge in [-0.1, -0.05) is 6.07 Å². The molecule has 0 radical (unpaired) electrons. The third kappa shape index (κ3) is 2.50. The Morgan fingerprint density at radius 3 is 3.12 bits per heavy atom. The molecule has 2 rings (SSSR count). The SMILES string of the molecule is NCCCNCc1ccc2oc(=O)[nH]c2c1. The van der Waals surface area contributed by atoms with E-state index in [-0.39, 0.29) is 0 Å². The van der Waals surface area contributed by atoms with Crippen LogP contribution in [0.5, 0.6) is 0 Å². The Hall–Kier alpha value is -1.59. The van der Waals surface area contributed by atoms with Crippen LogP contribution in [0.4, 0.5) is 0 Å². The molecule has 1 aromatic heterocycles. The van der Waals surface area contributed by atoms with E-state index in [1.165, 1.54) is 0 Å². The van der Waals surface area contributed by atoms with Crippen LogP contribution in [0.15, 0.2) is 27.4 Å². The molecule has 5 heteroatoms. The average Bonchev–Trinajstić information content (AvgIpc) is 2.64. The molecule has 0 aliphatic carbocycles. The van der Waals surface area contributed by atoms with Crippen molar-refractivity contribution in [3.05, 3.63) is 34.3 Å². The molecular formula is C11H15N3O2. The van der Waals surface area contributed by atoms with Crippen molar-refractivity contribution in [2.75, 3.05) is 13.1 Å². The zero-order valence-corrected chi connectivity index (χ0v) is 8.95. The number of nitrogens with two attached hydrogens (primary N) is 1. The summed E-state index contributed by atoms with van der Waals surface area (Å²) in [5, 5.41) is 3.27. The first-order chi connectivity index (χ1) is 7.79. The number of fused-ring (bicyclic) bond motifs is 1. The number of aromatic nitrogens is 1. The number of benzene rings is 1. The number of rotatable bonds is 5. The maximum Gasteiger partial charge on any atom is 0.417 e. The molecule has 5 nitrogen and oxygen atoms in total. The lowest BCUT2D eigenvalue weighted by atomic mass is 10.2. The molecule has 86 valence electrons. The van der Waals surface area contributed by atoms with Crippen molar-refractivity contribution in [1.82, 2.24) is 10.3 Å². The van der Waals surface area contributed by atoms with Gasteiger partial charge in [-0.05, 0) is 37.2 Å². The van der Waals surface area contributed by atoms with Crippen LogP contribution in [-0.2, 0) is 6.54 Å². The third-order valence-corrected chi connectivity index (χ3v) is 2.37. The van der Waals surface area contributed by atoms with Crippen LogP contribution in [0.3, 0.4) is 0 Å². The van der Waals surface area contributed by atoms with E-state index in [1.807, 2.05) is 12.1 Å². The number of nitrogens with one attached hydrogen (secondary N) is 2. The van der Waals surface area contributed by atoms with E-state index in [1.54, 1.807) is 6.07 Å². The Morgan fingerprint density at radius 2 is 2.31 bits per heavy atom. The number of hydrogen-bond donors (Lipinski definition) is 3. The summed E-state index contributed by atoms with van der Waals surface area (Å²) in [6, 6.07) is 5.65. The van der Waals surface area contributed by atoms with Gasteiger partial charge < -0.3 is 15.5 Å². The molecular weight excluding hydrogens is 206 g/mol. The Bertz CT molecular complexity index is 515. The van der Waals surface area contributed by atoms with E-state index in [0.717, 1.165) is 30.6 Å². The highest BCUT2D eigenvalue weighted by Crippen LogP contribution is 2.11. The van der Waals surface area contributed by atoms with Crippen LogP contribution in [0.25, 0.3) is 11.1 Å². The van der Waals surface area contributed by atoms with Crippen LogP contribution in [-0.4, -0.2) is 18.1 Å². The van der Waals surface area contributed by atoms with Crippen LogP contribution >= 0.6 is 0 Å². The van der Waals surface area contributed by atoms with Gasteiger partial charge in [-0.25, -0.2) is 4.79 Å². The van der Waals surface area contributed by atoms with E-state index >= 15 is 0 Å². The Morgan fingerprint density at radius 1 is 1.44 bits per heavy atom. The largest absolute Gasteiger partial charge is 0.417 e. The summed E-state index contributed by atoms with van der Waals surface area (Å²) >= 11 is 0. The summed E-state index contributed by atoms with van der Waals surface area (Å²) in [5.74, 6) is -0.414. The first kappa shape index (κ1) is 10.9. The molecule has 0 spiro atoms. The van der Waals surface area contributed by atoms with Crippen molar-refractivity contribution in [2.24, 2.45) is 5.73 Å². The first-order valence-corrected chi connectivity index (χ1v) is 5.32. The summed E-state index contributed by atoms with van der Waals surface area (Å²) < 4.78 is 4.92. The maximum absolute atomic E-state index is 10.9. The molecule has 2 aromatic rings. The molecule has 0 saturated carbocycles. The number of aromatic amines is 1. The van der Waals surface area contributed by atoms with E-state index in [4.69, 9.17) is 10.2 Å². The van der Waals surface area contributed by atoms with Gasteiger partial charge in [-0.3, -0.25) is 4.98 Å². The summed E-state index contributed by atoms with van der Waals surface area (Å²) in [6.07, 6.45) is 0.963. The zero-order valence-electron chi connectivity index (χ0n) is 8.95. The van der Waals surface area contributed by atoms with Crippen LogP contribution in [0, 0.1) is 0 Å². The smallest absolute Gasteiger partial charge is 0.408 e. The molecule has 0 bridgehead atoms. The molecule has 0 saturated heterocycles. The van der Waals surface area contributed by atoms with Gasteiger partial charge in [0, 0.05) is 6.54 Å². The quantitative estimate of drug-likeness (QED) is 0.644. The highest BCUT2D eigenvalue weighted by atomic mass is 16.4. The first-order valence-electron chi connectivity index (χ1n) is 5.32. The molecule has 1 heterocycles. The third-order valence-electron chi connectivity index (χ3n) is 2.37. The topological polar surface area (TPSA) is 84.0 Å². The van der Waals surface area contributed by atoms with Crippen molar-refractivity contribution in [1.29, 1.82) is 0 Å². The standard InChI is InChI=1S/C11H15N3O2/c12-4-1-5-13-7-8-2-3-10-9(6-8)14-11(15)16-10/h2-3,6,13H,1,4-5,7,12H2,(H,14,15). The van der Waals surface area contributed by atoms with Crippen molar-refractivity contribution < 1.29 is 4.42 Å². The molecule has 16 heavy (non-hydrogen) atoms. The molecule has 0 unspecified atom stereocenters. The van der Waals surface area contributed by atoms with E-state index in [2.05, 4.69) is 10.3 Å². The van der Waals surface area contributed by atoms with Gasteiger partial charge in [0.1, 0.15) is 0 Å². The molecule has 0 atom stereocenters. The number of oxazole rings is 1. The van der Waals surface area contributed by atoms with Gasteiger partial charge in [0.15, 0.2) is 5.58 Å². The van der Waals surface area contributed by atoms with E-state index in [9.17, 15) is 4.79 Å². The average molecular weight is 221 g/mol. The van der Waals surface area contributed by atoms with Crippen LogP contribution in [0.2, 0.25) is 0 Å². The lowest BCUT2D eigenvalue weighted by molar-refractivity contribution is 0.555. The van der Waals surface area contributed by atoms with Gasteiger partial charge in [0.2, 0.25) is 0 Å². The number of hydrogen-bond acceptors (Lipinski definition) is 4. The number of H-pyrrole nitrogens is 1. The van der Waals surface area contributed by atoms with Crippen molar-refractivity contribution in [3.63, 3.8) is 0 Å². The summed E-state index contributed by atoms with van der Waals surface area (Å²) in [4.78, 5) is 13.6. The minimum absolute atomic E-state index is 0.414. The highest BCUT2D eigenvalue weighted by Gasteiger charge is 2.01. The fourth-order valence-electron chi connectivity index (χ4n) is 1.57. The molecule has 0 aliphatic rings. The fourth-order valence-corrected chi connectivity index (χ4v) is 1.57. The summed E-state index contributed by atoms with van der Waals surface area (Å²) in [7, 11) is 0. The molecule has 4 N–H and O–H groups in total. The maximum atomic E-state index is 10.9. The van der Waals surface area contributed by atoms with E-state index < -0.39 is 5.76 Å². The molecule has 0 aliphatic heterocycles. The lowest BCUT2D eigenvalue weighted by Gasteiger charge is -2.03.